The molecule has 0 aliphatic heterocycles. The van der Waals surface area contributed by atoms with E-state index in [1.54, 1.807) is 13.1 Å². The average molecular weight is 264 g/mol. The predicted molar refractivity (Wildman–Crippen MR) is 65.7 cm³/mol. The first-order chi connectivity index (χ1) is 8.95. The highest BCUT2D eigenvalue weighted by atomic mass is 16.6. The monoisotopic (exact) mass is 264 g/mol. The number of aliphatic carboxylic acids is 1. The number of nitro groups is 1. The molecule has 0 amide bonds. The lowest BCUT2D eigenvalue weighted by atomic mass is 10.2. The molecular weight excluding hydrogens is 252 g/mol. The zero-order valence-electron chi connectivity index (χ0n) is 10.2. The summed E-state index contributed by atoms with van der Waals surface area (Å²) in [4.78, 5) is 26.1. The summed E-state index contributed by atoms with van der Waals surface area (Å²) in [6.45, 7) is 0.325. The second-order valence-electron chi connectivity index (χ2n) is 3.85. The topological polar surface area (TPSA) is 120 Å². The maximum absolute atomic E-state index is 10.9. The van der Waals surface area contributed by atoms with Crippen LogP contribution in [0.1, 0.15) is 18.4 Å². The quantitative estimate of drug-likeness (QED) is 0.604. The number of nitrogens with zero attached hydrogens (tertiary/aromatic N) is 4. The lowest BCUT2D eigenvalue weighted by Crippen LogP contribution is -2.21. The number of carboxylic acid groups (broad SMARTS) is 1. The number of carboxylic acids is 1. The van der Waals surface area contributed by atoms with E-state index in [1.807, 2.05) is 0 Å². The molecule has 0 bridgehead atoms. The highest BCUT2D eigenvalue weighted by Gasteiger charge is 2.19. The summed E-state index contributed by atoms with van der Waals surface area (Å²) in [5.41, 5.74) is -0.161. The molecule has 1 aromatic heterocycles. The maximum Gasteiger partial charge on any atom is 0.312 e. The van der Waals surface area contributed by atoms with Gasteiger partial charge in [0.25, 0.3) is 0 Å². The Bertz CT molecular complexity index is 538. The van der Waals surface area contributed by atoms with Gasteiger partial charge in [-0.05, 0) is 6.42 Å². The number of aromatic nitrogens is 1. The minimum absolute atomic E-state index is 0.0194. The van der Waals surface area contributed by atoms with Crippen molar-refractivity contribution in [1.29, 1.82) is 5.26 Å². The van der Waals surface area contributed by atoms with Gasteiger partial charge in [0.2, 0.25) is 5.82 Å². The third kappa shape index (κ3) is 3.92. The predicted octanol–water partition coefficient (Wildman–Crippen LogP) is 1.16. The van der Waals surface area contributed by atoms with E-state index in [2.05, 4.69) is 4.98 Å². The Labute approximate surface area is 109 Å². The Morgan fingerprint density at radius 3 is 2.89 bits per heavy atom. The van der Waals surface area contributed by atoms with Crippen molar-refractivity contribution in [3.05, 3.63) is 27.9 Å². The van der Waals surface area contributed by atoms with Crippen molar-refractivity contribution in [3.8, 4) is 6.07 Å². The van der Waals surface area contributed by atoms with Crippen molar-refractivity contribution in [2.45, 2.75) is 12.8 Å². The smallest absolute Gasteiger partial charge is 0.312 e. The molecule has 0 aliphatic rings. The van der Waals surface area contributed by atoms with Crippen LogP contribution in [0.15, 0.2) is 12.3 Å². The first-order valence-electron chi connectivity index (χ1n) is 5.43. The van der Waals surface area contributed by atoms with Crippen molar-refractivity contribution in [3.63, 3.8) is 0 Å². The van der Waals surface area contributed by atoms with Crippen LogP contribution in [0, 0.1) is 21.4 Å². The molecule has 0 saturated carbocycles. The van der Waals surface area contributed by atoms with E-state index in [0.29, 0.717) is 13.0 Å². The molecule has 0 radical (unpaired) electrons. The molecule has 0 fully saturated rings. The number of rotatable bonds is 6. The Kier molecular flexibility index (Phi) is 4.76. The molecule has 0 aromatic carbocycles. The molecule has 0 saturated heterocycles. The number of anilines is 1. The van der Waals surface area contributed by atoms with E-state index >= 15 is 0 Å². The fourth-order valence-corrected chi connectivity index (χ4v) is 1.51. The van der Waals surface area contributed by atoms with Crippen LogP contribution < -0.4 is 4.90 Å². The zero-order chi connectivity index (χ0) is 14.4. The van der Waals surface area contributed by atoms with E-state index in [4.69, 9.17) is 10.4 Å². The molecule has 0 spiro atoms. The van der Waals surface area contributed by atoms with Crippen molar-refractivity contribution < 1.29 is 14.8 Å². The number of nitriles is 1. The molecule has 8 nitrogen and oxygen atoms in total. The van der Waals surface area contributed by atoms with Crippen LogP contribution in [-0.4, -0.2) is 34.6 Å². The summed E-state index contributed by atoms with van der Waals surface area (Å²) >= 11 is 0. The summed E-state index contributed by atoms with van der Waals surface area (Å²) in [5.74, 6) is -0.801. The zero-order valence-corrected chi connectivity index (χ0v) is 10.2. The number of pyridine rings is 1. The summed E-state index contributed by atoms with van der Waals surface area (Å²) in [6, 6.07) is 2.93. The fraction of sp³-hybridized carbons (Fsp3) is 0.364. The molecule has 8 heteroatoms. The third-order valence-electron chi connectivity index (χ3n) is 2.42. The van der Waals surface area contributed by atoms with Gasteiger partial charge in [-0.3, -0.25) is 14.9 Å². The standard InChI is InChI=1S/C11H12N4O4/c1-14(4-2-3-10(16)17)11-9(15(18)19)5-8(6-12)7-13-11/h5,7H,2-4H2,1H3,(H,16,17). The largest absolute Gasteiger partial charge is 0.481 e. The van der Waals surface area contributed by atoms with Gasteiger partial charge in [-0.15, -0.1) is 0 Å². The first kappa shape index (κ1) is 14.4. The van der Waals surface area contributed by atoms with Crippen LogP contribution in [0.3, 0.4) is 0 Å². The Hall–Kier alpha value is -2.69. The Morgan fingerprint density at radius 1 is 1.68 bits per heavy atom. The third-order valence-corrected chi connectivity index (χ3v) is 2.42. The molecule has 100 valence electrons. The second kappa shape index (κ2) is 6.30. The van der Waals surface area contributed by atoms with Gasteiger partial charge in [0.1, 0.15) is 6.07 Å². The van der Waals surface area contributed by atoms with E-state index < -0.39 is 10.9 Å². The van der Waals surface area contributed by atoms with Gasteiger partial charge in [-0.1, -0.05) is 0 Å². The van der Waals surface area contributed by atoms with Gasteiger partial charge in [-0.25, -0.2) is 4.98 Å². The molecule has 0 atom stereocenters. The van der Waals surface area contributed by atoms with Crippen LogP contribution in [0.5, 0.6) is 0 Å². The minimum atomic E-state index is -0.921. The van der Waals surface area contributed by atoms with E-state index in [1.165, 1.54) is 11.1 Å². The van der Waals surface area contributed by atoms with Crippen LogP contribution in [0.4, 0.5) is 11.5 Å². The van der Waals surface area contributed by atoms with Crippen LogP contribution in [-0.2, 0) is 4.79 Å². The molecule has 1 N–H and O–H groups in total. The summed E-state index contributed by atoms with van der Waals surface area (Å²) in [7, 11) is 1.59. The highest BCUT2D eigenvalue weighted by Crippen LogP contribution is 2.25. The maximum atomic E-state index is 10.9. The number of hydrogen-bond acceptors (Lipinski definition) is 6. The van der Waals surface area contributed by atoms with Crippen molar-refractivity contribution >= 4 is 17.5 Å². The van der Waals surface area contributed by atoms with Crippen molar-refractivity contribution in [2.75, 3.05) is 18.5 Å². The minimum Gasteiger partial charge on any atom is -0.481 e. The number of hydrogen-bond donors (Lipinski definition) is 1. The van der Waals surface area contributed by atoms with Crippen LogP contribution in [0.2, 0.25) is 0 Å². The fourth-order valence-electron chi connectivity index (χ4n) is 1.51. The molecule has 1 heterocycles. The van der Waals surface area contributed by atoms with Gasteiger partial charge >= 0.3 is 11.7 Å². The summed E-state index contributed by atoms with van der Waals surface area (Å²) < 4.78 is 0. The first-order valence-corrected chi connectivity index (χ1v) is 5.43. The van der Waals surface area contributed by atoms with Crippen LogP contribution >= 0.6 is 0 Å². The van der Waals surface area contributed by atoms with Gasteiger partial charge in [0, 0.05) is 32.3 Å². The number of carbonyl (C=O) groups is 1. The molecule has 0 unspecified atom stereocenters. The molecular formula is C11H12N4O4. The molecule has 1 rings (SSSR count). The lowest BCUT2D eigenvalue weighted by molar-refractivity contribution is -0.384. The lowest BCUT2D eigenvalue weighted by Gasteiger charge is -2.17. The highest BCUT2D eigenvalue weighted by molar-refractivity contribution is 5.66. The Balaban J connectivity index is 2.90. The molecule has 0 aliphatic carbocycles. The normalized spacial score (nSPS) is 9.68. The van der Waals surface area contributed by atoms with Gasteiger partial charge in [0.05, 0.1) is 10.5 Å². The van der Waals surface area contributed by atoms with Gasteiger partial charge < -0.3 is 10.0 Å². The Morgan fingerprint density at radius 2 is 2.37 bits per heavy atom. The second-order valence-corrected chi connectivity index (χ2v) is 3.85. The van der Waals surface area contributed by atoms with Crippen LogP contribution in [0.25, 0.3) is 0 Å². The average Bonchev–Trinajstić information content (AvgIpc) is 2.37. The van der Waals surface area contributed by atoms with Crippen molar-refractivity contribution in [1.82, 2.24) is 4.98 Å². The van der Waals surface area contributed by atoms with Crippen molar-refractivity contribution in [2.24, 2.45) is 0 Å². The van der Waals surface area contributed by atoms with E-state index in [9.17, 15) is 14.9 Å². The molecule has 1 aromatic rings. The SMILES string of the molecule is CN(CCCC(=O)O)c1ncc(C#N)cc1[N+](=O)[O-]. The van der Waals surface area contributed by atoms with E-state index in [-0.39, 0.29) is 23.5 Å². The van der Waals surface area contributed by atoms with Gasteiger partial charge in [-0.2, -0.15) is 5.26 Å². The molecule has 19 heavy (non-hydrogen) atoms. The van der Waals surface area contributed by atoms with Gasteiger partial charge in [0.15, 0.2) is 0 Å². The summed E-state index contributed by atoms with van der Waals surface area (Å²) in [6.07, 6.45) is 1.58. The van der Waals surface area contributed by atoms with E-state index in [0.717, 1.165) is 6.07 Å². The summed E-state index contributed by atoms with van der Waals surface area (Å²) in [5, 5.41) is 28.1.